The third-order valence-electron chi connectivity index (χ3n) is 6.62. The summed E-state index contributed by atoms with van der Waals surface area (Å²) in [6.45, 7) is 3.35. The van der Waals surface area contributed by atoms with Crippen LogP contribution >= 0.6 is 0 Å². The molecule has 0 spiro atoms. The van der Waals surface area contributed by atoms with E-state index in [0.717, 1.165) is 55.5 Å². The summed E-state index contributed by atoms with van der Waals surface area (Å²) in [6, 6.07) is 16.4. The van der Waals surface area contributed by atoms with Gasteiger partial charge >= 0.3 is 5.69 Å². The van der Waals surface area contributed by atoms with Gasteiger partial charge < -0.3 is 15.2 Å². The van der Waals surface area contributed by atoms with Gasteiger partial charge in [0.05, 0.1) is 11.0 Å². The molecule has 6 nitrogen and oxygen atoms in total. The lowest BCUT2D eigenvalue weighted by Crippen LogP contribution is -2.41. The van der Waals surface area contributed by atoms with Crippen LogP contribution in [-0.2, 0) is 17.6 Å². The number of rotatable bonds is 5. The van der Waals surface area contributed by atoms with Gasteiger partial charge in [0.2, 0.25) is 5.91 Å². The Morgan fingerprint density at radius 3 is 2.61 bits per heavy atom. The van der Waals surface area contributed by atoms with Crippen molar-refractivity contribution in [3.63, 3.8) is 0 Å². The number of nitrogens with one attached hydrogen (secondary N) is 2. The zero-order valence-corrected chi connectivity index (χ0v) is 17.6. The number of fused-ring (bicyclic) bond motifs is 2. The van der Waals surface area contributed by atoms with E-state index in [4.69, 9.17) is 0 Å². The Morgan fingerprint density at radius 1 is 1.03 bits per heavy atom. The number of carbonyl (C=O) groups excluding carboxylic acids is 1. The number of allylic oxidation sites excluding steroid dienone is 1. The maximum atomic E-state index is 12.6. The SMILES string of the molecule is O=C(NCCN1CCC(n2c(=O)[nH]c3ccccc32)CC1)C1=CCc2ccccc2C1. The molecule has 1 aliphatic heterocycles. The first-order chi connectivity index (χ1) is 15.2. The van der Waals surface area contributed by atoms with Gasteiger partial charge in [0, 0.05) is 44.2 Å². The van der Waals surface area contributed by atoms with Crippen LogP contribution in [0.15, 0.2) is 65.0 Å². The highest BCUT2D eigenvalue weighted by Gasteiger charge is 2.23. The topological polar surface area (TPSA) is 70.1 Å². The molecule has 2 aromatic carbocycles. The number of para-hydroxylation sites is 2. The van der Waals surface area contributed by atoms with Gasteiger partial charge in [-0.15, -0.1) is 0 Å². The fourth-order valence-corrected chi connectivity index (χ4v) is 4.89. The van der Waals surface area contributed by atoms with Crippen LogP contribution in [0.2, 0.25) is 0 Å². The summed E-state index contributed by atoms with van der Waals surface area (Å²) < 4.78 is 1.92. The zero-order chi connectivity index (χ0) is 21.2. The number of amides is 1. The quantitative estimate of drug-likeness (QED) is 0.672. The minimum absolute atomic E-state index is 0.0192. The molecule has 1 aliphatic carbocycles. The van der Waals surface area contributed by atoms with Crippen molar-refractivity contribution in [1.29, 1.82) is 0 Å². The summed E-state index contributed by atoms with van der Waals surface area (Å²) in [5.74, 6) is 0.0507. The highest BCUT2D eigenvalue weighted by molar-refractivity contribution is 5.94. The number of hydrogen-bond acceptors (Lipinski definition) is 3. The Morgan fingerprint density at radius 2 is 1.77 bits per heavy atom. The second-order valence-corrected chi connectivity index (χ2v) is 8.52. The normalized spacial score (nSPS) is 17.4. The largest absolute Gasteiger partial charge is 0.351 e. The van der Waals surface area contributed by atoms with E-state index in [1.54, 1.807) is 0 Å². The first-order valence-electron chi connectivity index (χ1n) is 11.1. The summed E-state index contributed by atoms with van der Waals surface area (Å²) >= 11 is 0. The van der Waals surface area contributed by atoms with Gasteiger partial charge in [-0.2, -0.15) is 0 Å². The van der Waals surface area contributed by atoms with Gasteiger partial charge in [-0.1, -0.05) is 42.5 Å². The monoisotopic (exact) mass is 416 g/mol. The van der Waals surface area contributed by atoms with Crippen LogP contribution in [0.1, 0.15) is 30.0 Å². The molecule has 160 valence electrons. The lowest BCUT2D eigenvalue weighted by Gasteiger charge is -2.32. The molecular weight excluding hydrogens is 388 g/mol. The van der Waals surface area contributed by atoms with E-state index >= 15 is 0 Å². The van der Waals surface area contributed by atoms with Gasteiger partial charge in [0.1, 0.15) is 0 Å². The Kier molecular flexibility index (Phi) is 5.47. The van der Waals surface area contributed by atoms with Crippen molar-refractivity contribution >= 4 is 16.9 Å². The molecule has 2 aliphatic rings. The molecule has 1 fully saturated rings. The number of carbonyl (C=O) groups is 1. The lowest BCUT2D eigenvalue weighted by molar-refractivity contribution is -0.117. The van der Waals surface area contributed by atoms with E-state index in [2.05, 4.69) is 39.5 Å². The van der Waals surface area contributed by atoms with Gasteiger partial charge in [-0.25, -0.2) is 4.79 Å². The average Bonchev–Trinajstić information content (AvgIpc) is 3.15. The maximum absolute atomic E-state index is 12.6. The van der Waals surface area contributed by atoms with Crippen LogP contribution in [0.5, 0.6) is 0 Å². The van der Waals surface area contributed by atoms with E-state index in [-0.39, 0.29) is 17.6 Å². The summed E-state index contributed by atoms with van der Waals surface area (Å²) in [5, 5.41) is 3.09. The fourth-order valence-electron chi connectivity index (χ4n) is 4.89. The number of hydrogen-bond donors (Lipinski definition) is 2. The minimum atomic E-state index is -0.0192. The van der Waals surface area contributed by atoms with Crippen molar-refractivity contribution < 1.29 is 4.79 Å². The van der Waals surface area contributed by atoms with Crippen molar-refractivity contribution in [2.45, 2.75) is 31.7 Å². The Labute approximate surface area is 181 Å². The van der Waals surface area contributed by atoms with Crippen LogP contribution in [0.4, 0.5) is 0 Å². The molecule has 3 aromatic rings. The van der Waals surface area contributed by atoms with Crippen molar-refractivity contribution in [3.8, 4) is 0 Å². The van der Waals surface area contributed by atoms with Crippen molar-refractivity contribution in [2.24, 2.45) is 0 Å². The van der Waals surface area contributed by atoms with E-state index in [9.17, 15) is 9.59 Å². The molecule has 6 heteroatoms. The first-order valence-corrected chi connectivity index (χ1v) is 11.1. The minimum Gasteiger partial charge on any atom is -0.351 e. The molecule has 1 amide bonds. The molecule has 0 bridgehead atoms. The number of nitrogens with zero attached hydrogens (tertiary/aromatic N) is 2. The van der Waals surface area contributed by atoms with E-state index < -0.39 is 0 Å². The fraction of sp³-hybridized carbons (Fsp3) is 0.360. The van der Waals surface area contributed by atoms with Crippen LogP contribution in [0.25, 0.3) is 11.0 Å². The van der Waals surface area contributed by atoms with Crippen LogP contribution in [-0.4, -0.2) is 46.5 Å². The maximum Gasteiger partial charge on any atom is 0.326 e. The molecule has 1 saturated heterocycles. The Bertz CT molecular complexity index is 1180. The molecule has 0 radical (unpaired) electrons. The van der Waals surface area contributed by atoms with Crippen molar-refractivity contribution in [3.05, 3.63) is 81.8 Å². The predicted molar refractivity (Wildman–Crippen MR) is 122 cm³/mol. The van der Waals surface area contributed by atoms with Crippen molar-refractivity contribution in [1.82, 2.24) is 19.8 Å². The van der Waals surface area contributed by atoms with Crippen LogP contribution in [0, 0.1) is 0 Å². The van der Waals surface area contributed by atoms with Crippen molar-refractivity contribution in [2.75, 3.05) is 26.2 Å². The average molecular weight is 417 g/mol. The molecule has 0 saturated carbocycles. The number of aromatic nitrogens is 2. The number of H-pyrrole nitrogens is 1. The highest BCUT2D eigenvalue weighted by atomic mass is 16.2. The Hall–Kier alpha value is -3.12. The highest BCUT2D eigenvalue weighted by Crippen LogP contribution is 2.24. The first kappa shape index (κ1) is 19.8. The van der Waals surface area contributed by atoms with E-state index in [0.29, 0.717) is 13.0 Å². The third-order valence-corrected chi connectivity index (χ3v) is 6.62. The molecule has 2 N–H and O–H groups in total. The van der Waals surface area contributed by atoms with E-state index in [1.165, 1.54) is 11.1 Å². The van der Waals surface area contributed by atoms with Gasteiger partial charge in [-0.3, -0.25) is 9.36 Å². The second-order valence-electron chi connectivity index (χ2n) is 8.52. The summed E-state index contributed by atoms with van der Waals surface area (Å²) in [4.78, 5) is 30.4. The molecule has 0 atom stereocenters. The molecule has 1 aromatic heterocycles. The number of imidazole rings is 1. The van der Waals surface area contributed by atoms with Gasteiger partial charge in [0.25, 0.3) is 0 Å². The standard InChI is InChI=1S/C25H28N4O2/c30-24(20-10-9-18-5-1-2-6-19(18)17-20)26-13-16-28-14-11-21(12-15-28)29-23-8-4-3-7-22(23)27-25(29)31/h1-8,10,21H,9,11-17H2,(H,26,30)(H,27,31). The summed E-state index contributed by atoms with van der Waals surface area (Å²) in [6.07, 6.45) is 5.49. The van der Waals surface area contributed by atoms with Crippen LogP contribution < -0.4 is 11.0 Å². The summed E-state index contributed by atoms with van der Waals surface area (Å²) in [7, 11) is 0. The number of aromatic amines is 1. The molecule has 31 heavy (non-hydrogen) atoms. The smallest absolute Gasteiger partial charge is 0.326 e. The molecular formula is C25H28N4O2. The third kappa shape index (κ3) is 4.08. The number of piperidine rings is 1. The molecule has 5 rings (SSSR count). The van der Waals surface area contributed by atoms with Gasteiger partial charge in [0.15, 0.2) is 0 Å². The number of benzene rings is 2. The number of likely N-dealkylation sites (tertiary alicyclic amines) is 1. The second kappa shape index (κ2) is 8.55. The lowest BCUT2D eigenvalue weighted by atomic mass is 9.91. The van der Waals surface area contributed by atoms with Gasteiger partial charge in [-0.05, 0) is 42.5 Å². The zero-order valence-electron chi connectivity index (χ0n) is 17.6. The molecule has 2 heterocycles. The Balaban J connectivity index is 1.11. The van der Waals surface area contributed by atoms with E-state index in [1.807, 2.05) is 34.9 Å². The summed E-state index contributed by atoms with van der Waals surface area (Å²) in [5.41, 5.74) is 5.31. The van der Waals surface area contributed by atoms with Crippen LogP contribution in [0.3, 0.4) is 0 Å². The predicted octanol–water partition coefficient (Wildman–Crippen LogP) is 2.81. The molecule has 0 unspecified atom stereocenters.